The van der Waals surface area contributed by atoms with E-state index in [1.165, 1.54) is 32.5 Å². The summed E-state index contributed by atoms with van der Waals surface area (Å²) in [6.07, 6.45) is 2.61. The van der Waals surface area contributed by atoms with E-state index in [2.05, 4.69) is 16.6 Å². The molecule has 1 atom stereocenters. The van der Waals surface area contributed by atoms with Crippen LogP contribution < -0.4 is 0 Å². The molecule has 2 aliphatic heterocycles. The highest BCUT2D eigenvalue weighted by atomic mass is 33.1. The lowest BCUT2D eigenvalue weighted by Gasteiger charge is -2.21. The molecular weight excluding hydrogens is 202 g/mol. The van der Waals surface area contributed by atoms with Crippen molar-refractivity contribution in [3.05, 3.63) is 0 Å². The van der Waals surface area contributed by atoms with Crippen LogP contribution in [0.5, 0.6) is 0 Å². The van der Waals surface area contributed by atoms with Gasteiger partial charge < -0.3 is 9.64 Å². The maximum Gasteiger partial charge on any atom is 0.0536 e. The molecule has 2 aliphatic rings. The van der Waals surface area contributed by atoms with Crippen LogP contribution in [-0.2, 0) is 4.74 Å². The summed E-state index contributed by atoms with van der Waals surface area (Å²) in [6, 6.07) is 0. The monoisotopic (exact) mass is 219 g/mol. The van der Waals surface area contributed by atoms with Gasteiger partial charge in [0.15, 0.2) is 0 Å². The van der Waals surface area contributed by atoms with E-state index in [9.17, 15) is 0 Å². The Morgan fingerprint density at radius 3 is 3.08 bits per heavy atom. The summed E-state index contributed by atoms with van der Waals surface area (Å²) in [5.74, 6) is 1.14. The Kier molecular flexibility index (Phi) is 3.46. The first kappa shape index (κ1) is 10.1. The third kappa shape index (κ3) is 2.35. The molecule has 13 heavy (non-hydrogen) atoms. The molecule has 4 heteroatoms. The Balaban J connectivity index is 1.79. The van der Waals surface area contributed by atoms with Crippen molar-refractivity contribution < 1.29 is 4.74 Å². The van der Waals surface area contributed by atoms with Crippen LogP contribution in [0.2, 0.25) is 0 Å². The fourth-order valence-electron chi connectivity index (χ4n) is 2.36. The molecule has 0 bridgehead atoms. The van der Waals surface area contributed by atoms with Gasteiger partial charge in [0.05, 0.1) is 6.61 Å². The fraction of sp³-hybridized carbons (Fsp3) is 1.00. The average molecular weight is 219 g/mol. The molecule has 0 aromatic heterocycles. The lowest BCUT2D eigenvalue weighted by molar-refractivity contribution is 0.153. The summed E-state index contributed by atoms with van der Waals surface area (Å²) in [7, 11) is 1.64. The first-order valence-electron chi connectivity index (χ1n) is 4.91. The van der Waals surface area contributed by atoms with Crippen molar-refractivity contribution >= 4 is 22.5 Å². The molecule has 0 radical (unpaired) electrons. The van der Waals surface area contributed by atoms with Gasteiger partial charge in [0.25, 0.3) is 0 Å². The van der Waals surface area contributed by atoms with Gasteiger partial charge in [0.1, 0.15) is 0 Å². The first-order valence-corrected chi connectivity index (χ1v) is 6.95. The van der Waals surface area contributed by atoms with Crippen LogP contribution >= 0.6 is 22.5 Å². The van der Waals surface area contributed by atoms with Gasteiger partial charge in [-0.1, -0.05) is 10.8 Å². The molecule has 0 saturated carbocycles. The maximum atomic E-state index is 5.49. The third-order valence-electron chi connectivity index (χ3n) is 3.20. The molecule has 76 valence electrons. The number of hydrogen-bond donors (Lipinski definition) is 1. The lowest BCUT2D eigenvalue weighted by atomic mass is 9.87. The van der Waals surface area contributed by atoms with Gasteiger partial charge in [0.2, 0.25) is 0 Å². The van der Waals surface area contributed by atoms with Crippen molar-refractivity contribution in [1.82, 2.24) is 4.90 Å². The number of rotatable bonds is 3. The molecule has 2 fully saturated rings. The van der Waals surface area contributed by atoms with Gasteiger partial charge in [-0.25, -0.2) is 0 Å². The zero-order chi connectivity index (χ0) is 9.15. The number of likely N-dealkylation sites (tertiary alicyclic amines) is 1. The summed E-state index contributed by atoms with van der Waals surface area (Å²) >= 11 is 4.16. The van der Waals surface area contributed by atoms with Crippen molar-refractivity contribution in [1.29, 1.82) is 0 Å². The fourth-order valence-corrected chi connectivity index (χ4v) is 2.94. The highest BCUT2D eigenvalue weighted by Gasteiger charge is 2.40. The molecule has 2 heterocycles. The van der Waals surface area contributed by atoms with E-state index in [-0.39, 0.29) is 0 Å². The van der Waals surface area contributed by atoms with E-state index in [0.717, 1.165) is 19.0 Å². The van der Waals surface area contributed by atoms with Crippen molar-refractivity contribution in [3.63, 3.8) is 0 Å². The number of thiol groups is 1. The van der Waals surface area contributed by atoms with Crippen molar-refractivity contribution in [3.8, 4) is 0 Å². The Morgan fingerprint density at radius 2 is 2.38 bits per heavy atom. The minimum Gasteiger partial charge on any atom is -0.381 e. The second kappa shape index (κ2) is 4.43. The number of hydrogen-bond acceptors (Lipinski definition) is 4. The molecular formula is C9H17NOS2. The normalized spacial score (nSPS) is 34.8. The van der Waals surface area contributed by atoms with E-state index < -0.39 is 0 Å². The standard InChI is InChI=1S/C9H17NOS2/c12-13-6-4-10-3-1-9(7-10)2-5-11-8-9/h12H,1-8H2. The zero-order valence-electron chi connectivity index (χ0n) is 7.87. The van der Waals surface area contributed by atoms with Crippen LogP contribution in [0.15, 0.2) is 0 Å². The molecule has 2 rings (SSSR count). The zero-order valence-corrected chi connectivity index (χ0v) is 9.58. The number of ether oxygens (including phenoxy) is 1. The highest BCUT2D eigenvalue weighted by Crippen LogP contribution is 2.37. The molecule has 1 unspecified atom stereocenters. The Bertz CT molecular complexity index is 171. The minimum atomic E-state index is 0.529. The molecule has 2 saturated heterocycles. The minimum absolute atomic E-state index is 0.529. The second-order valence-electron chi connectivity index (χ2n) is 4.16. The first-order chi connectivity index (χ1) is 6.35. The van der Waals surface area contributed by atoms with Crippen LogP contribution in [0.4, 0.5) is 0 Å². The second-order valence-corrected chi connectivity index (χ2v) is 5.60. The van der Waals surface area contributed by atoms with E-state index in [1.54, 1.807) is 10.8 Å². The van der Waals surface area contributed by atoms with Gasteiger partial charge in [0, 0.05) is 30.9 Å². The van der Waals surface area contributed by atoms with Gasteiger partial charge in [-0.15, -0.1) is 11.7 Å². The quantitative estimate of drug-likeness (QED) is 0.573. The van der Waals surface area contributed by atoms with E-state index in [1.807, 2.05) is 0 Å². The summed E-state index contributed by atoms with van der Waals surface area (Å²) < 4.78 is 5.49. The molecule has 2 nitrogen and oxygen atoms in total. The topological polar surface area (TPSA) is 12.5 Å². The van der Waals surface area contributed by atoms with Crippen molar-refractivity contribution in [2.75, 3.05) is 38.6 Å². The smallest absolute Gasteiger partial charge is 0.0536 e. The Hall–Kier alpha value is 0.620. The Morgan fingerprint density at radius 1 is 1.46 bits per heavy atom. The van der Waals surface area contributed by atoms with E-state index in [4.69, 9.17) is 4.74 Å². The summed E-state index contributed by atoms with van der Waals surface area (Å²) in [5, 5.41) is 0. The average Bonchev–Trinajstić information content (AvgIpc) is 2.74. The molecule has 1 spiro atoms. The predicted molar refractivity (Wildman–Crippen MR) is 60.4 cm³/mol. The highest BCUT2D eigenvalue weighted by molar-refractivity contribution is 8.68. The van der Waals surface area contributed by atoms with Crippen LogP contribution in [0, 0.1) is 5.41 Å². The van der Waals surface area contributed by atoms with Crippen LogP contribution in [0.3, 0.4) is 0 Å². The van der Waals surface area contributed by atoms with E-state index >= 15 is 0 Å². The number of nitrogens with zero attached hydrogens (tertiary/aromatic N) is 1. The molecule has 0 aliphatic carbocycles. The maximum absolute atomic E-state index is 5.49. The molecule has 0 aromatic rings. The third-order valence-corrected chi connectivity index (χ3v) is 4.11. The lowest BCUT2D eigenvalue weighted by Crippen LogP contribution is -2.28. The SMILES string of the molecule is SSCCN1CCC2(CCOC2)C1. The van der Waals surface area contributed by atoms with Gasteiger partial charge >= 0.3 is 0 Å². The van der Waals surface area contributed by atoms with E-state index in [0.29, 0.717) is 5.41 Å². The summed E-state index contributed by atoms with van der Waals surface area (Å²) in [5.41, 5.74) is 0.529. The Labute approximate surface area is 89.2 Å². The van der Waals surface area contributed by atoms with Gasteiger partial charge in [-0.3, -0.25) is 0 Å². The molecule has 0 aromatic carbocycles. The van der Waals surface area contributed by atoms with Crippen molar-refractivity contribution in [2.24, 2.45) is 5.41 Å². The van der Waals surface area contributed by atoms with Crippen LogP contribution in [0.1, 0.15) is 12.8 Å². The van der Waals surface area contributed by atoms with Gasteiger partial charge in [-0.2, -0.15) is 0 Å². The summed E-state index contributed by atoms with van der Waals surface area (Å²) in [6.45, 7) is 5.68. The van der Waals surface area contributed by atoms with Crippen molar-refractivity contribution in [2.45, 2.75) is 12.8 Å². The summed E-state index contributed by atoms with van der Waals surface area (Å²) in [4.78, 5) is 2.55. The van der Waals surface area contributed by atoms with Crippen LogP contribution in [-0.4, -0.2) is 43.5 Å². The predicted octanol–water partition coefficient (Wildman–Crippen LogP) is 1.68. The molecule has 0 amide bonds. The largest absolute Gasteiger partial charge is 0.381 e. The molecule has 0 N–H and O–H groups in total. The van der Waals surface area contributed by atoms with Gasteiger partial charge in [-0.05, 0) is 19.4 Å². The van der Waals surface area contributed by atoms with Crippen LogP contribution in [0.25, 0.3) is 0 Å².